The van der Waals surface area contributed by atoms with E-state index in [0.717, 1.165) is 6.54 Å². The summed E-state index contributed by atoms with van der Waals surface area (Å²) in [7, 11) is 0. The molecule has 1 N–H and O–H groups in total. The summed E-state index contributed by atoms with van der Waals surface area (Å²) in [6.07, 6.45) is 0. The van der Waals surface area contributed by atoms with Crippen molar-refractivity contribution in [3.8, 4) is 0 Å². The quantitative estimate of drug-likeness (QED) is 0.398. The van der Waals surface area contributed by atoms with Gasteiger partial charge in [-0.1, -0.05) is 90.1 Å². The van der Waals surface area contributed by atoms with Crippen LogP contribution >= 0.6 is 11.8 Å². The van der Waals surface area contributed by atoms with Gasteiger partial charge in [0, 0.05) is 22.0 Å². The molecule has 0 unspecified atom stereocenters. The average molecular weight is 370 g/mol. The smallest absolute Gasteiger partial charge is 0.0491 e. The molecule has 0 heterocycles. The molecule has 0 aliphatic heterocycles. The van der Waals surface area contributed by atoms with Crippen LogP contribution in [-0.2, 0) is 6.54 Å². The topological polar surface area (TPSA) is 12.0 Å². The lowest BCUT2D eigenvalue weighted by Gasteiger charge is -2.16. The van der Waals surface area contributed by atoms with Crippen LogP contribution < -0.4 is 5.32 Å². The maximum absolute atomic E-state index is 3.65. The number of hydrogen-bond donors (Lipinski definition) is 1. The maximum atomic E-state index is 3.65. The Morgan fingerprint density at radius 2 is 1.56 bits per heavy atom. The lowest BCUT2D eigenvalue weighted by atomic mass is 10.1. The molecule has 0 saturated carbocycles. The van der Waals surface area contributed by atoms with Crippen LogP contribution in [0.15, 0.2) is 94.7 Å². The third-order valence-corrected chi connectivity index (χ3v) is 6.07. The molecule has 0 aliphatic rings. The molecule has 0 saturated heterocycles. The van der Waals surface area contributed by atoms with Crippen molar-refractivity contribution in [3.63, 3.8) is 0 Å². The van der Waals surface area contributed by atoms with Crippen molar-refractivity contribution in [1.82, 2.24) is 0 Å². The van der Waals surface area contributed by atoms with Gasteiger partial charge in [0.15, 0.2) is 0 Å². The maximum Gasteiger partial charge on any atom is 0.0491 e. The monoisotopic (exact) mass is 369 g/mol. The van der Waals surface area contributed by atoms with E-state index in [4.69, 9.17) is 0 Å². The van der Waals surface area contributed by atoms with Crippen molar-refractivity contribution in [2.45, 2.75) is 30.2 Å². The van der Waals surface area contributed by atoms with Crippen LogP contribution in [0.5, 0.6) is 0 Å². The highest BCUT2D eigenvalue weighted by Crippen LogP contribution is 2.40. The van der Waals surface area contributed by atoms with Crippen molar-refractivity contribution in [2.75, 3.05) is 5.32 Å². The Labute approximate surface area is 165 Å². The second kappa shape index (κ2) is 7.89. The fraction of sp³-hybridized carbons (Fsp3) is 0.120. The van der Waals surface area contributed by atoms with Crippen molar-refractivity contribution in [1.29, 1.82) is 0 Å². The highest BCUT2D eigenvalue weighted by molar-refractivity contribution is 7.99. The zero-order valence-electron chi connectivity index (χ0n) is 15.7. The van der Waals surface area contributed by atoms with Crippen molar-refractivity contribution in [2.24, 2.45) is 0 Å². The third-order valence-electron chi connectivity index (χ3n) is 4.75. The molecule has 0 atom stereocenters. The van der Waals surface area contributed by atoms with Crippen LogP contribution in [0.2, 0.25) is 0 Å². The summed E-state index contributed by atoms with van der Waals surface area (Å²) in [6, 6.07) is 30.3. The molecule has 0 aliphatic carbocycles. The lowest BCUT2D eigenvalue weighted by Crippen LogP contribution is -2.01. The van der Waals surface area contributed by atoms with Gasteiger partial charge in [-0.15, -0.1) is 0 Å². The zero-order valence-corrected chi connectivity index (χ0v) is 16.5. The predicted molar refractivity (Wildman–Crippen MR) is 118 cm³/mol. The average Bonchev–Trinajstić information content (AvgIpc) is 2.70. The highest BCUT2D eigenvalue weighted by Gasteiger charge is 2.11. The number of benzene rings is 4. The number of aryl methyl sites for hydroxylation is 2. The van der Waals surface area contributed by atoms with Gasteiger partial charge in [0.05, 0.1) is 0 Å². The van der Waals surface area contributed by atoms with E-state index in [1.54, 1.807) is 0 Å². The van der Waals surface area contributed by atoms with E-state index >= 15 is 0 Å². The fourth-order valence-electron chi connectivity index (χ4n) is 3.31. The third kappa shape index (κ3) is 4.01. The minimum Gasteiger partial charge on any atom is -0.380 e. The van der Waals surface area contributed by atoms with E-state index in [2.05, 4.69) is 104 Å². The SMILES string of the molecule is Cc1ccc(Sc2c(NCc3ccccc3)ccc3ccccc23)c(C)c1. The molecule has 0 radical (unpaired) electrons. The predicted octanol–water partition coefficient (Wildman–Crippen LogP) is 7.22. The first-order chi connectivity index (χ1) is 13.2. The number of nitrogens with one attached hydrogen (secondary N) is 1. The van der Waals surface area contributed by atoms with Crippen molar-refractivity contribution < 1.29 is 0 Å². The minimum atomic E-state index is 0.819. The minimum absolute atomic E-state index is 0.819. The van der Waals surface area contributed by atoms with Gasteiger partial charge in [-0.05, 0) is 47.9 Å². The van der Waals surface area contributed by atoms with Crippen molar-refractivity contribution >= 4 is 28.2 Å². The molecular formula is C25H23NS. The Hall–Kier alpha value is -2.71. The van der Waals surface area contributed by atoms with E-state index in [-0.39, 0.29) is 0 Å². The number of hydrogen-bond acceptors (Lipinski definition) is 2. The molecule has 2 heteroatoms. The van der Waals surface area contributed by atoms with E-state index < -0.39 is 0 Å². The van der Waals surface area contributed by atoms with Gasteiger partial charge in [-0.3, -0.25) is 0 Å². The summed E-state index contributed by atoms with van der Waals surface area (Å²) >= 11 is 1.85. The van der Waals surface area contributed by atoms with Gasteiger partial charge in [0.1, 0.15) is 0 Å². The molecule has 4 aromatic carbocycles. The Morgan fingerprint density at radius 1 is 0.778 bits per heavy atom. The standard InChI is InChI=1S/C25H23NS/c1-18-12-15-24(19(2)16-18)27-25-22-11-7-6-10-21(22)13-14-23(25)26-17-20-8-4-3-5-9-20/h3-16,26H,17H2,1-2H3. The number of rotatable bonds is 5. The van der Waals surface area contributed by atoms with E-state index in [0.29, 0.717) is 0 Å². The normalized spacial score (nSPS) is 10.9. The Bertz CT molecular complexity index is 1070. The fourth-order valence-corrected chi connectivity index (χ4v) is 4.43. The second-order valence-corrected chi connectivity index (χ2v) is 7.93. The van der Waals surface area contributed by atoms with Crippen LogP contribution in [0.1, 0.15) is 16.7 Å². The Balaban J connectivity index is 1.73. The molecular weight excluding hydrogens is 346 g/mol. The first-order valence-electron chi connectivity index (χ1n) is 9.25. The van der Waals surface area contributed by atoms with E-state index in [1.807, 2.05) is 11.8 Å². The van der Waals surface area contributed by atoms with Gasteiger partial charge in [0.2, 0.25) is 0 Å². The van der Waals surface area contributed by atoms with Crippen LogP contribution in [0.4, 0.5) is 5.69 Å². The molecule has 0 bridgehead atoms. The summed E-state index contributed by atoms with van der Waals surface area (Å²) in [4.78, 5) is 2.59. The van der Waals surface area contributed by atoms with Gasteiger partial charge in [-0.2, -0.15) is 0 Å². The van der Waals surface area contributed by atoms with Crippen molar-refractivity contribution in [3.05, 3.63) is 102 Å². The van der Waals surface area contributed by atoms with E-state index in [9.17, 15) is 0 Å². The molecule has 134 valence electrons. The first kappa shape index (κ1) is 17.7. The summed E-state index contributed by atoms with van der Waals surface area (Å²) < 4.78 is 0. The number of fused-ring (bicyclic) bond motifs is 1. The lowest BCUT2D eigenvalue weighted by molar-refractivity contribution is 1.14. The summed E-state index contributed by atoms with van der Waals surface area (Å²) in [5, 5.41) is 6.22. The van der Waals surface area contributed by atoms with Gasteiger partial charge in [-0.25, -0.2) is 0 Å². The summed E-state index contributed by atoms with van der Waals surface area (Å²) in [6.45, 7) is 5.16. The molecule has 4 aromatic rings. The van der Waals surface area contributed by atoms with Crippen LogP contribution in [0.25, 0.3) is 10.8 Å². The van der Waals surface area contributed by atoms with E-state index in [1.165, 1.54) is 42.9 Å². The molecule has 0 spiro atoms. The molecule has 27 heavy (non-hydrogen) atoms. The van der Waals surface area contributed by atoms with Crippen LogP contribution in [0, 0.1) is 13.8 Å². The zero-order chi connectivity index (χ0) is 18.6. The second-order valence-electron chi connectivity index (χ2n) is 6.87. The van der Waals surface area contributed by atoms with Crippen LogP contribution in [0.3, 0.4) is 0 Å². The molecule has 1 nitrogen and oxygen atoms in total. The van der Waals surface area contributed by atoms with Gasteiger partial charge < -0.3 is 5.32 Å². The Kier molecular flexibility index (Phi) is 5.17. The summed E-state index contributed by atoms with van der Waals surface area (Å²) in [5.41, 5.74) is 5.09. The molecule has 0 amide bonds. The Morgan fingerprint density at radius 3 is 2.37 bits per heavy atom. The van der Waals surface area contributed by atoms with Gasteiger partial charge >= 0.3 is 0 Å². The molecule has 0 aromatic heterocycles. The number of anilines is 1. The largest absolute Gasteiger partial charge is 0.380 e. The van der Waals surface area contributed by atoms with Crippen LogP contribution in [-0.4, -0.2) is 0 Å². The summed E-state index contributed by atoms with van der Waals surface area (Å²) in [5.74, 6) is 0. The molecule has 4 rings (SSSR count). The van der Waals surface area contributed by atoms with Gasteiger partial charge in [0.25, 0.3) is 0 Å². The highest BCUT2D eigenvalue weighted by atomic mass is 32.2. The first-order valence-corrected chi connectivity index (χ1v) is 10.1. The molecule has 0 fully saturated rings.